The molecule has 0 radical (unpaired) electrons. The van der Waals surface area contributed by atoms with E-state index in [0.717, 1.165) is 0 Å². The van der Waals surface area contributed by atoms with E-state index >= 15 is 0 Å². The molecule has 0 heterocycles. The minimum atomic E-state index is -2.61. The number of nitro benzene ring substituents is 1. The maximum absolute atomic E-state index is 12.9. The summed E-state index contributed by atoms with van der Waals surface area (Å²) in [7, 11) is 0. The molecule has 0 saturated heterocycles. The molecule has 0 bridgehead atoms. The fourth-order valence-electron chi connectivity index (χ4n) is 2.46. The van der Waals surface area contributed by atoms with Gasteiger partial charge in [0.15, 0.2) is 5.17 Å². The second-order valence-corrected chi connectivity index (χ2v) is 6.39. The summed E-state index contributed by atoms with van der Waals surface area (Å²) in [6.45, 7) is 2.85. The quantitative estimate of drug-likeness (QED) is 0.182. The van der Waals surface area contributed by atoms with E-state index in [4.69, 9.17) is 31.1 Å². The second kappa shape index (κ2) is 10.9. The van der Waals surface area contributed by atoms with E-state index in [1.807, 2.05) is 6.07 Å². The smallest absolute Gasteiger partial charge is 0.370 e. The van der Waals surface area contributed by atoms with Crippen LogP contribution in [0.2, 0.25) is 0 Å². The molecule has 166 valence electrons. The third kappa shape index (κ3) is 5.39. The Morgan fingerprint density at radius 1 is 1.06 bits per heavy atom. The maximum atomic E-state index is 12.9. The number of esters is 2. The molecule has 32 heavy (non-hydrogen) atoms. The lowest BCUT2D eigenvalue weighted by Gasteiger charge is -2.28. The topological polar surface area (TPSA) is 141 Å². The molecule has 0 amide bonds. The van der Waals surface area contributed by atoms with Gasteiger partial charge >= 0.3 is 17.5 Å². The zero-order chi connectivity index (χ0) is 23.7. The van der Waals surface area contributed by atoms with Crippen molar-refractivity contribution in [2.75, 3.05) is 13.2 Å². The molecule has 0 fully saturated rings. The van der Waals surface area contributed by atoms with Crippen LogP contribution in [-0.2, 0) is 19.1 Å². The lowest BCUT2D eigenvalue weighted by Crippen LogP contribution is -2.58. The van der Waals surface area contributed by atoms with Crippen LogP contribution >= 0.6 is 11.6 Å². The first kappa shape index (κ1) is 24.3. The first-order valence-corrected chi connectivity index (χ1v) is 9.69. The summed E-state index contributed by atoms with van der Waals surface area (Å²) in [5.41, 5.74) is -2.36. The number of non-ortho nitro benzene ring substituents is 1. The minimum absolute atomic E-state index is 0.0159. The molecule has 0 aromatic heterocycles. The average Bonchev–Trinajstić information content (AvgIpc) is 2.78. The van der Waals surface area contributed by atoms with Crippen LogP contribution in [0.15, 0.2) is 53.5 Å². The Morgan fingerprint density at radius 2 is 1.59 bits per heavy atom. The van der Waals surface area contributed by atoms with Crippen molar-refractivity contribution in [1.29, 1.82) is 5.26 Å². The highest BCUT2D eigenvalue weighted by Gasteiger charge is 2.57. The third-order valence-electron chi connectivity index (χ3n) is 3.96. The van der Waals surface area contributed by atoms with Gasteiger partial charge in [-0.15, -0.1) is 0 Å². The largest absolute Gasteiger partial charge is 0.462 e. The molecular formula is C21H18ClN3O7. The van der Waals surface area contributed by atoms with E-state index in [2.05, 4.69) is 4.99 Å². The van der Waals surface area contributed by atoms with Crippen LogP contribution in [0, 0.1) is 21.4 Å². The number of halogens is 1. The van der Waals surface area contributed by atoms with E-state index in [-0.39, 0.29) is 30.3 Å². The van der Waals surface area contributed by atoms with Crippen molar-refractivity contribution in [3.8, 4) is 11.8 Å². The zero-order valence-electron chi connectivity index (χ0n) is 17.1. The van der Waals surface area contributed by atoms with Crippen molar-refractivity contribution in [2.45, 2.75) is 19.4 Å². The molecule has 0 unspecified atom stereocenters. The third-order valence-corrected chi connectivity index (χ3v) is 4.31. The molecule has 0 aliphatic heterocycles. The minimum Gasteiger partial charge on any atom is -0.462 e. The first-order valence-electron chi connectivity index (χ1n) is 9.31. The number of carbonyl (C=O) groups excluding carboxylic acids is 2. The van der Waals surface area contributed by atoms with Gasteiger partial charge in [-0.2, -0.15) is 5.26 Å². The van der Waals surface area contributed by atoms with Crippen LogP contribution in [-0.4, -0.2) is 40.8 Å². The molecule has 0 spiro atoms. The molecule has 0 N–H and O–H groups in total. The van der Waals surface area contributed by atoms with Gasteiger partial charge < -0.3 is 14.2 Å². The van der Waals surface area contributed by atoms with E-state index in [1.54, 1.807) is 0 Å². The van der Waals surface area contributed by atoms with Gasteiger partial charge in [-0.1, -0.05) is 11.6 Å². The average molecular weight is 460 g/mol. The highest BCUT2D eigenvalue weighted by atomic mass is 35.5. The fraction of sp³-hybridized carbons (Fsp3) is 0.238. The summed E-state index contributed by atoms with van der Waals surface area (Å²) in [6, 6.07) is 12.4. The van der Waals surface area contributed by atoms with E-state index in [1.165, 1.54) is 62.4 Å². The van der Waals surface area contributed by atoms with Gasteiger partial charge in [0.2, 0.25) is 0 Å². The molecule has 0 saturated carbocycles. The van der Waals surface area contributed by atoms with Crippen LogP contribution in [0.3, 0.4) is 0 Å². The van der Waals surface area contributed by atoms with E-state index < -0.39 is 27.6 Å². The van der Waals surface area contributed by atoms with Crippen molar-refractivity contribution in [3.63, 3.8) is 0 Å². The summed E-state index contributed by atoms with van der Waals surface area (Å²) >= 11 is 6.35. The zero-order valence-corrected chi connectivity index (χ0v) is 17.9. The molecule has 0 atom stereocenters. The second-order valence-electron chi connectivity index (χ2n) is 6.04. The summed E-state index contributed by atoms with van der Waals surface area (Å²) in [5.74, 6) is -2.32. The summed E-state index contributed by atoms with van der Waals surface area (Å²) in [4.78, 5) is 40.2. The Hall–Kier alpha value is -3.97. The number of carbonyl (C=O) groups is 2. The lowest BCUT2D eigenvalue weighted by molar-refractivity contribution is -0.384. The van der Waals surface area contributed by atoms with Gasteiger partial charge in [-0.3, -0.25) is 10.1 Å². The maximum Gasteiger partial charge on any atom is 0.370 e. The Balaban J connectivity index is 2.61. The molecule has 0 aliphatic rings. The van der Waals surface area contributed by atoms with Gasteiger partial charge in [-0.05, 0) is 50.2 Å². The predicted octanol–water partition coefficient (Wildman–Crippen LogP) is 3.68. The van der Waals surface area contributed by atoms with Crippen molar-refractivity contribution < 1.29 is 28.7 Å². The normalized spacial score (nSPS) is 11.2. The lowest BCUT2D eigenvalue weighted by atomic mass is 10.1. The number of ether oxygens (including phenoxy) is 3. The van der Waals surface area contributed by atoms with E-state index in [0.29, 0.717) is 5.56 Å². The van der Waals surface area contributed by atoms with Crippen LogP contribution in [0.5, 0.6) is 5.75 Å². The molecule has 2 aromatic carbocycles. The summed E-state index contributed by atoms with van der Waals surface area (Å²) in [6.07, 6.45) is 0. The predicted molar refractivity (Wildman–Crippen MR) is 114 cm³/mol. The Labute approximate surface area is 188 Å². The number of hydrogen-bond acceptors (Lipinski definition) is 9. The van der Waals surface area contributed by atoms with Crippen LogP contribution in [0.1, 0.15) is 19.4 Å². The van der Waals surface area contributed by atoms with Crippen LogP contribution in [0.25, 0.3) is 0 Å². The molecule has 2 aromatic rings. The number of hydrogen-bond donors (Lipinski definition) is 0. The SMILES string of the molecule is CCOC(=O)C(Oc1ccc(C#N)cc1)(C(=O)OCC)C(Cl)=Nc1ccc([N+](=O)[O-])cc1. The molecule has 10 nitrogen and oxygen atoms in total. The van der Waals surface area contributed by atoms with Gasteiger partial charge in [-0.25, -0.2) is 14.6 Å². The number of nitro groups is 1. The number of benzene rings is 2. The first-order chi connectivity index (χ1) is 15.3. The molecular weight excluding hydrogens is 442 g/mol. The monoisotopic (exact) mass is 459 g/mol. The van der Waals surface area contributed by atoms with E-state index in [9.17, 15) is 19.7 Å². The van der Waals surface area contributed by atoms with Crippen molar-refractivity contribution in [2.24, 2.45) is 4.99 Å². The van der Waals surface area contributed by atoms with Crippen molar-refractivity contribution >= 4 is 40.1 Å². The van der Waals surface area contributed by atoms with Crippen molar-refractivity contribution in [3.05, 3.63) is 64.2 Å². The highest BCUT2D eigenvalue weighted by Crippen LogP contribution is 2.28. The summed E-state index contributed by atoms with van der Waals surface area (Å²) in [5, 5.41) is 19.2. The standard InChI is InChI=1S/C21H18ClN3O7/c1-3-30-19(26)21(20(27)31-4-2,32-17-11-5-14(13-23)6-12-17)18(22)24-15-7-9-16(10-8-15)25(28)29/h5-12H,3-4H2,1-2H3. The van der Waals surface area contributed by atoms with Gasteiger partial charge in [0, 0.05) is 12.1 Å². The molecule has 0 aliphatic carbocycles. The van der Waals surface area contributed by atoms with Crippen LogP contribution in [0.4, 0.5) is 11.4 Å². The number of nitrogens with zero attached hydrogens (tertiary/aromatic N) is 3. The highest BCUT2D eigenvalue weighted by molar-refractivity contribution is 6.72. The number of nitriles is 1. The molecule has 11 heteroatoms. The fourth-order valence-corrected chi connectivity index (χ4v) is 2.75. The van der Waals surface area contributed by atoms with Crippen molar-refractivity contribution in [1.82, 2.24) is 0 Å². The van der Waals surface area contributed by atoms with Crippen LogP contribution < -0.4 is 4.74 Å². The molecule has 2 rings (SSSR count). The summed E-state index contributed by atoms with van der Waals surface area (Å²) < 4.78 is 15.8. The number of rotatable bonds is 9. The Morgan fingerprint density at radius 3 is 2.03 bits per heavy atom. The number of aliphatic imine (C=N–C) groups is 1. The van der Waals surface area contributed by atoms with Gasteiger partial charge in [0.1, 0.15) is 5.75 Å². The van der Waals surface area contributed by atoms with Gasteiger partial charge in [0.25, 0.3) is 5.69 Å². The Bertz CT molecular complexity index is 1040. The Kier molecular flexibility index (Phi) is 8.26. The van der Waals surface area contributed by atoms with Gasteiger partial charge in [0.05, 0.1) is 35.5 Å².